The van der Waals surface area contributed by atoms with Crippen LogP contribution >= 0.6 is 0 Å². The number of fused-ring (bicyclic) bond motifs is 1. The molecule has 8 nitrogen and oxygen atoms in total. The van der Waals surface area contributed by atoms with E-state index in [0.29, 0.717) is 22.8 Å². The van der Waals surface area contributed by atoms with Gasteiger partial charge in [0.25, 0.3) is 11.5 Å². The quantitative estimate of drug-likeness (QED) is 0.267. The van der Waals surface area contributed by atoms with Crippen molar-refractivity contribution >= 4 is 23.3 Å². The highest BCUT2D eigenvalue weighted by Gasteiger charge is 2.19. The molecule has 8 heteroatoms. The number of hydrogen-bond donors (Lipinski definition) is 1. The zero-order chi connectivity index (χ0) is 27.4. The van der Waals surface area contributed by atoms with Gasteiger partial charge in [0, 0.05) is 6.20 Å². The van der Waals surface area contributed by atoms with E-state index in [9.17, 15) is 14.9 Å². The van der Waals surface area contributed by atoms with Gasteiger partial charge in [-0.15, -0.1) is 0 Å². The van der Waals surface area contributed by atoms with Crippen molar-refractivity contribution in [1.82, 2.24) is 9.38 Å². The number of aromatic nitrogens is 2. The van der Waals surface area contributed by atoms with E-state index in [1.807, 2.05) is 31.2 Å². The van der Waals surface area contributed by atoms with Crippen LogP contribution in [0.3, 0.4) is 0 Å². The normalized spacial score (nSPS) is 11.6. The molecule has 38 heavy (non-hydrogen) atoms. The number of rotatable bonds is 6. The Morgan fingerprint density at radius 1 is 1.08 bits per heavy atom. The minimum atomic E-state index is -0.703. The molecule has 0 radical (unpaired) electrons. The molecule has 0 aliphatic carbocycles. The van der Waals surface area contributed by atoms with Crippen LogP contribution in [-0.2, 0) is 10.2 Å². The number of methoxy groups -OCH3 is 1. The molecule has 0 saturated heterocycles. The fourth-order valence-corrected chi connectivity index (χ4v) is 3.86. The lowest BCUT2D eigenvalue weighted by atomic mass is 9.87. The van der Waals surface area contributed by atoms with Gasteiger partial charge < -0.3 is 14.8 Å². The third-order valence-electron chi connectivity index (χ3n) is 5.99. The summed E-state index contributed by atoms with van der Waals surface area (Å²) in [5, 5.41) is 12.5. The number of carbonyl (C=O) groups is 1. The zero-order valence-electron chi connectivity index (χ0n) is 21.9. The number of nitriles is 1. The van der Waals surface area contributed by atoms with E-state index >= 15 is 0 Å². The van der Waals surface area contributed by atoms with E-state index < -0.39 is 11.5 Å². The Morgan fingerprint density at radius 2 is 1.79 bits per heavy atom. The lowest BCUT2D eigenvalue weighted by Gasteiger charge is -2.19. The van der Waals surface area contributed by atoms with Gasteiger partial charge in [-0.3, -0.25) is 14.0 Å². The summed E-state index contributed by atoms with van der Waals surface area (Å²) in [5.74, 6) is 0.190. The van der Waals surface area contributed by atoms with Crippen molar-refractivity contribution in [3.63, 3.8) is 0 Å². The summed E-state index contributed by atoms with van der Waals surface area (Å²) in [6, 6.07) is 19.8. The monoisotopic (exact) mass is 508 g/mol. The second-order valence-corrected chi connectivity index (χ2v) is 9.72. The van der Waals surface area contributed by atoms with Gasteiger partial charge in [-0.05, 0) is 59.9 Å². The Hall–Kier alpha value is -4.90. The van der Waals surface area contributed by atoms with E-state index in [-0.39, 0.29) is 22.4 Å². The maximum Gasteiger partial charge on any atom is 0.269 e. The summed E-state index contributed by atoms with van der Waals surface area (Å²) in [5.41, 5.74) is 1.84. The topological polar surface area (TPSA) is 106 Å². The average molecular weight is 509 g/mol. The fourth-order valence-electron chi connectivity index (χ4n) is 3.86. The molecule has 4 aromatic rings. The fraction of sp³-hybridized carbons (Fsp3) is 0.200. The van der Waals surface area contributed by atoms with Crippen molar-refractivity contribution in [3.05, 3.63) is 99.5 Å². The van der Waals surface area contributed by atoms with E-state index in [2.05, 4.69) is 31.1 Å². The highest BCUT2D eigenvalue weighted by atomic mass is 16.5. The van der Waals surface area contributed by atoms with Crippen LogP contribution in [0, 0.1) is 18.3 Å². The van der Waals surface area contributed by atoms with E-state index in [4.69, 9.17) is 9.47 Å². The Morgan fingerprint density at radius 3 is 2.45 bits per heavy atom. The summed E-state index contributed by atoms with van der Waals surface area (Å²) < 4.78 is 12.7. The molecule has 2 aromatic carbocycles. The molecule has 0 atom stereocenters. The number of carbonyl (C=O) groups excluding carboxylic acids is 1. The van der Waals surface area contributed by atoms with Gasteiger partial charge in [-0.2, -0.15) is 10.2 Å². The van der Waals surface area contributed by atoms with Crippen molar-refractivity contribution in [2.45, 2.75) is 33.1 Å². The molecule has 0 saturated carbocycles. The number of benzene rings is 2. The molecular formula is C30H28N4O4. The third-order valence-corrected chi connectivity index (χ3v) is 5.99. The number of nitrogens with zero attached hydrogens (tertiary/aromatic N) is 3. The second kappa shape index (κ2) is 10.6. The molecule has 0 unspecified atom stereocenters. The molecule has 1 amide bonds. The molecule has 1 N–H and O–H groups in total. The molecule has 0 bridgehead atoms. The van der Waals surface area contributed by atoms with Crippen molar-refractivity contribution < 1.29 is 14.3 Å². The largest absolute Gasteiger partial charge is 0.495 e. The van der Waals surface area contributed by atoms with Crippen LogP contribution in [0.25, 0.3) is 11.7 Å². The maximum atomic E-state index is 13.5. The minimum Gasteiger partial charge on any atom is -0.495 e. The summed E-state index contributed by atoms with van der Waals surface area (Å²) in [4.78, 5) is 31.2. The number of nitrogens with one attached hydrogen (secondary N) is 1. The smallest absolute Gasteiger partial charge is 0.269 e. The Balaban J connectivity index is 1.81. The molecule has 0 spiro atoms. The SMILES string of the molecule is COc1ccccc1NC(=O)/C(C#N)=C\c1c(Oc2ccc(C(C)(C)C)cc2)nc2c(C)cccn2c1=O. The number of hydrogen-bond acceptors (Lipinski definition) is 6. The standard InChI is InChI=1S/C30H28N4O4/c1-19-9-8-16-34-26(19)33-28(38-22-14-12-21(13-15-22)30(2,3)4)23(29(34)36)17-20(18-31)27(35)32-24-10-6-7-11-25(24)37-5/h6-17H,1-5H3,(H,32,35)/b20-17-. The van der Waals surface area contributed by atoms with E-state index in [1.165, 1.54) is 17.6 Å². The number of anilines is 1. The first-order valence-corrected chi connectivity index (χ1v) is 12.0. The van der Waals surface area contributed by atoms with Crippen molar-refractivity contribution in [1.29, 1.82) is 5.26 Å². The Labute approximate surface area is 220 Å². The van der Waals surface area contributed by atoms with Crippen LogP contribution in [0.2, 0.25) is 0 Å². The van der Waals surface area contributed by atoms with Crippen LogP contribution < -0.4 is 20.3 Å². The number of aryl methyl sites for hydroxylation is 1. The van der Waals surface area contributed by atoms with Crippen molar-refractivity contribution in [2.75, 3.05) is 12.4 Å². The molecular weight excluding hydrogens is 480 g/mol. The first-order valence-electron chi connectivity index (χ1n) is 12.0. The molecule has 4 rings (SSSR count). The summed E-state index contributed by atoms with van der Waals surface area (Å²) in [6.07, 6.45) is 2.78. The highest BCUT2D eigenvalue weighted by molar-refractivity contribution is 6.10. The van der Waals surface area contributed by atoms with Crippen LogP contribution in [0.1, 0.15) is 37.5 Å². The van der Waals surface area contributed by atoms with Crippen LogP contribution in [0.5, 0.6) is 17.4 Å². The van der Waals surface area contributed by atoms with Crippen LogP contribution in [0.4, 0.5) is 5.69 Å². The first kappa shape index (κ1) is 26.2. The lowest BCUT2D eigenvalue weighted by molar-refractivity contribution is -0.112. The predicted octanol–water partition coefficient (Wildman–Crippen LogP) is 5.65. The Bertz CT molecular complexity index is 1640. The van der Waals surface area contributed by atoms with E-state index in [1.54, 1.807) is 48.7 Å². The molecule has 0 fully saturated rings. The number of para-hydroxylation sites is 2. The number of amides is 1. The predicted molar refractivity (Wildman–Crippen MR) is 147 cm³/mol. The van der Waals surface area contributed by atoms with Crippen LogP contribution in [-0.4, -0.2) is 22.4 Å². The minimum absolute atomic E-state index is 0.00866. The molecule has 0 aliphatic rings. The van der Waals surface area contributed by atoms with E-state index in [0.717, 1.165) is 11.1 Å². The third kappa shape index (κ3) is 5.42. The molecule has 2 heterocycles. The number of pyridine rings is 1. The highest BCUT2D eigenvalue weighted by Crippen LogP contribution is 2.29. The van der Waals surface area contributed by atoms with Crippen LogP contribution in [0.15, 0.2) is 77.2 Å². The summed E-state index contributed by atoms with van der Waals surface area (Å²) in [7, 11) is 1.48. The van der Waals surface area contributed by atoms with Crippen molar-refractivity contribution in [2.24, 2.45) is 0 Å². The van der Waals surface area contributed by atoms with Crippen molar-refractivity contribution in [3.8, 4) is 23.4 Å². The van der Waals surface area contributed by atoms with Gasteiger partial charge in [0.1, 0.15) is 34.4 Å². The zero-order valence-corrected chi connectivity index (χ0v) is 21.9. The molecule has 0 aliphatic heterocycles. The lowest BCUT2D eigenvalue weighted by Crippen LogP contribution is -2.21. The van der Waals surface area contributed by atoms with Gasteiger partial charge in [-0.25, -0.2) is 0 Å². The average Bonchev–Trinajstić information content (AvgIpc) is 2.89. The summed E-state index contributed by atoms with van der Waals surface area (Å²) >= 11 is 0. The second-order valence-electron chi connectivity index (χ2n) is 9.72. The number of ether oxygens (including phenoxy) is 2. The van der Waals surface area contributed by atoms with Gasteiger partial charge in [0.15, 0.2) is 0 Å². The van der Waals surface area contributed by atoms with Gasteiger partial charge >= 0.3 is 0 Å². The first-order chi connectivity index (χ1) is 18.1. The maximum absolute atomic E-state index is 13.5. The molecule has 2 aromatic heterocycles. The van der Waals surface area contributed by atoms with Gasteiger partial charge in [0.2, 0.25) is 5.88 Å². The Kier molecular flexibility index (Phi) is 7.31. The molecule has 192 valence electrons. The summed E-state index contributed by atoms with van der Waals surface area (Å²) in [6.45, 7) is 8.17. The van der Waals surface area contributed by atoms with Gasteiger partial charge in [0.05, 0.1) is 12.8 Å². The van der Waals surface area contributed by atoms with Gasteiger partial charge in [-0.1, -0.05) is 51.1 Å².